The Bertz CT molecular complexity index is 327. The number of piperazine rings is 1. The first-order valence-corrected chi connectivity index (χ1v) is 7.40. The Kier molecular flexibility index (Phi) is 5.19. The van der Waals surface area contributed by atoms with Crippen LogP contribution in [0.2, 0.25) is 0 Å². The highest BCUT2D eigenvalue weighted by molar-refractivity contribution is 5.94. The van der Waals surface area contributed by atoms with E-state index in [0.717, 1.165) is 12.8 Å². The molecule has 0 aromatic heterocycles. The van der Waals surface area contributed by atoms with Crippen LogP contribution in [0.3, 0.4) is 0 Å². The van der Waals surface area contributed by atoms with E-state index in [0.29, 0.717) is 25.7 Å². The van der Waals surface area contributed by atoms with Crippen LogP contribution in [0.4, 0.5) is 0 Å². The van der Waals surface area contributed by atoms with Crippen molar-refractivity contribution in [3.63, 3.8) is 0 Å². The Morgan fingerprint density at radius 3 is 2.68 bits per heavy atom. The van der Waals surface area contributed by atoms with Gasteiger partial charge in [0.2, 0.25) is 11.8 Å². The van der Waals surface area contributed by atoms with Gasteiger partial charge in [-0.05, 0) is 19.3 Å². The molecule has 108 valence electrons. The van der Waals surface area contributed by atoms with E-state index in [2.05, 4.69) is 5.32 Å². The topological polar surface area (TPSA) is 58.6 Å². The van der Waals surface area contributed by atoms with Gasteiger partial charge in [-0.2, -0.15) is 0 Å². The maximum Gasteiger partial charge on any atom is 0.245 e. The lowest BCUT2D eigenvalue weighted by molar-refractivity contribution is -0.145. The molecule has 1 heterocycles. The average molecular weight is 268 g/mol. The second-order valence-electron chi connectivity index (χ2n) is 5.42. The Labute approximate surface area is 114 Å². The van der Waals surface area contributed by atoms with Crippen LogP contribution in [0.15, 0.2) is 0 Å². The largest absolute Gasteiger partial charge is 0.376 e. The van der Waals surface area contributed by atoms with Crippen LogP contribution in [0.1, 0.15) is 45.4 Å². The van der Waals surface area contributed by atoms with Gasteiger partial charge >= 0.3 is 0 Å². The number of amides is 2. The predicted octanol–water partition coefficient (Wildman–Crippen LogP) is 1.07. The molecule has 1 aliphatic heterocycles. The zero-order chi connectivity index (χ0) is 13.7. The van der Waals surface area contributed by atoms with Crippen molar-refractivity contribution in [2.24, 2.45) is 0 Å². The van der Waals surface area contributed by atoms with Gasteiger partial charge < -0.3 is 15.0 Å². The first-order valence-electron chi connectivity index (χ1n) is 7.40. The van der Waals surface area contributed by atoms with Crippen LogP contribution >= 0.6 is 0 Å². The van der Waals surface area contributed by atoms with Gasteiger partial charge in [-0.15, -0.1) is 0 Å². The molecule has 1 saturated carbocycles. The van der Waals surface area contributed by atoms with E-state index in [9.17, 15) is 9.59 Å². The van der Waals surface area contributed by atoms with Crippen molar-refractivity contribution in [3.05, 3.63) is 0 Å². The number of rotatable bonds is 5. The summed E-state index contributed by atoms with van der Waals surface area (Å²) < 4.78 is 5.81. The third kappa shape index (κ3) is 3.93. The third-order valence-electron chi connectivity index (χ3n) is 3.95. The molecule has 0 spiro atoms. The van der Waals surface area contributed by atoms with Crippen molar-refractivity contribution in [3.8, 4) is 0 Å². The highest BCUT2D eigenvalue weighted by Crippen LogP contribution is 2.20. The number of hydrogen-bond acceptors (Lipinski definition) is 3. The molecular formula is C14H24N2O3. The van der Waals surface area contributed by atoms with Gasteiger partial charge in [0.15, 0.2) is 0 Å². The molecule has 1 N–H and O–H groups in total. The van der Waals surface area contributed by atoms with Crippen LogP contribution in [-0.4, -0.2) is 48.6 Å². The summed E-state index contributed by atoms with van der Waals surface area (Å²) >= 11 is 0. The summed E-state index contributed by atoms with van der Waals surface area (Å²) in [5.41, 5.74) is 0. The Balaban J connectivity index is 1.74. The maximum atomic E-state index is 12.0. The van der Waals surface area contributed by atoms with E-state index in [1.165, 1.54) is 19.3 Å². The SMILES string of the molecule is CCC1NC(=O)CN(CCOC2CCCCC2)C1=O. The molecule has 1 saturated heterocycles. The average Bonchev–Trinajstić information content (AvgIpc) is 2.43. The summed E-state index contributed by atoms with van der Waals surface area (Å²) in [6.45, 7) is 3.15. The smallest absolute Gasteiger partial charge is 0.245 e. The predicted molar refractivity (Wildman–Crippen MR) is 71.6 cm³/mol. The molecule has 1 atom stereocenters. The minimum Gasteiger partial charge on any atom is -0.376 e. The standard InChI is InChI=1S/C14H24N2O3/c1-2-12-14(18)16(10-13(17)15-12)8-9-19-11-6-4-3-5-7-11/h11-12H,2-10H2,1H3,(H,15,17). The van der Waals surface area contributed by atoms with Crippen molar-refractivity contribution in [1.29, 1.82) is 0 Å². The fourth-order valence-corrected chi connectivity index (χ4v) is 2.80. The number of nitrogens with one attached hydrogen (secondary N) is 1. The summed E-state index contributed by atoms with van der Waals surface area (Å²) in [7, 11) is 0. The maximum absolute atomic E-state index is 12.0. The van der Waals surface area contributed by atoms with Crippen LogP contribution in [0.25, 0.3) is 0 Å². The van der Waals surface area contributed by atoms with Gasteiger partial charge in [-0.1, -0.05) is 26.2 Å². The van der Waals surface area contributed by atoms with Gasteiger partial charge in [0, 0.05) is 6.54 Å². The number of hydrogen-bond donors (Lipinski definition) is 1. The first kappa shape index (κ1) is 14.3. The molecule has 0 aromatic rings. The first-order chi connectivity index (χ1) is 9.20. The molecular weight excluding hydrogens is 244 g/mol. The van der Waals surface area contributed by atoms with E-state index in [4.69, 9.17) is 4.74 Å². The van der Waals surface area contributed by atoms with E-state index in [-0.39, 0.29) is 24.4 Å². The Morgan fingerprint density at radius 2 is 2.00 bits per heavy atom. The van der Waals surface area contributed by atoms with Crippen molar-refractivity contribution in [1.82, 2.24) is 10.2 Å². The number of nitrogens with zero attached hydrogens (tertiary/aromatic N) is 1. The number of carbonyl (C=O) groups is 2. The zero-order valence-corrected chi connectivity index (χ0v) is 11.7. The van der Waals surface area contributed by atoms with Crippen molar-refractivity contribution < 1.29 is 14.3 Å². The third-order valence-corrected chi connectivity index (χ3v) is 3.95. The molecule has 2 fully saturated rings. The Hall–Kier alpha value is -1.10. The van der Waals surface area contributed by atoms with Crippen molar-refractivity contribution in [2.75, 3.05) is 19.7 Å². The van der Waals surface area contributed by atoms with Crippen LogP contribution < -0.4 is 5.32 Å². The molecule has 5 nitrogen and oxygen atoms in total. The molecule has 2 rings (SSSR count). The summed E-state index contributed by atoms with van der Waals surface area (Å²) in [6, 6.07) is -0.351. The number of carbonyl (C=O) groups excluding carboxylic acids is 2. The lowest BCUT2D eigenvalue weighted by Gasteiger charge is -2.32. The number of ether oxygens (including phenoxy) is 1. The van der Waals surface area contributed by atoms with Gasteiger partial charge in [0.1, 0.15) is 6.04 Å². The van der Waals surface area contributed by atoms with Gasteiger partial charge in [0.25, 0.3) is 0 Å². The highest BCUT2D eigenvalue weighted by atomic mass is 16.5. The van der Waals surface area contributed by atoms with Gasteiger partial charge in [-0.25, -0.2) is 0 Å². The van der Waals surface area contributed by atoms with E-state index in [1.807, 2.05) is 6.92 Å². The van der Waals surface area contributed by atoms with E-state index in [1.54, 1.807) is 4.90 Å². The molecule has 5 heteroatoms. The van der Waals surface area contributed by atoms with Crippen molar-refractivity contribution in [2.45, 2.75) is 57.6 Å². The molecule has 19 heavy (non-hydrogen) atoms. The van der Waals surface area contributed by atoms with Gasteiger partial charge in [0.05, 0.1) is 19.3 Å². The summed E-state index contributed by atoms with van der Waals surface area (Å²) in [6.07, 6.45) is 7.05. The molecule has 2 aliphatic rings. The normalized spacial score (nSPS) is 25.5. The van der Waals surface area contributed by atoms with Crippen LogP contribution in [0, 0.1) is 0 Å². The molecule has 0 radical (unpaired) electrons. The summed E-state index contributed by atoms with van der Waals surface area (Å²) in [5, 5.41) is 2.71. The summed E-state index contributed by atoms with van der Waals surface area (Å²) in [4.78, 5) is 25.2. The molecule has 0 aromatic carbocycles. The minimum absolute atomic E-state index is 0.0225. The fourth-order valence-electron chi connectivity index (χ4n) is 2.80. The molecule has 1 unspecified atom stereocenters. The quantitative estimate of drug-likeness (QED) is 0.811. The van der Waals surface area contributed by atoms with Crippen molar-refractivity contribution >= 4 is 11.8 Å². The lowest BCUT2D eigenvalue weighted by Crippen LogP contribution is -2.58. The van der Waals surface area contributed by atoms with Crippen LogP contribution in [-0.2, 0) is 14.3 Å². The van der Waals surface area contributed by atoms with Crippen LogP contribution in [0.5, 0.6) is 0 Å². The van der Waals surface area contributed by atoms with E-state index < -0.39 is 0 Å². The van der Waals surface area contributed by atoms with E-state index >= 15 is 0 Å². The fraction of sp³-hybridized carbons (Fsp3) is 0.857. The second-order valence-corrected chi connectivity index (χ2v) is 5.42. The van der Waals surface area contributed by atoms with Gasteiger partial charge in [-0.3, -0.25) is 9.59 Å². The lowest BCUT2D eigenvalue weighted by atomic mass is 9.98. The molecule has 1 aliphatic carbocycles. The Morgan fingerprint density at radius 1 is 1.26 bits per heavy atom. The second kappa shape index (κ2) is 6.89. The molecule has 0 bridgehead atoms. The highest BCUT2D eigenvalue weighted by Gasteiger charge is 2.31. The molecule has 2 amide bonds. The summed E-state index contributed by atoms with van der Waals surface area (Å²) in [5.74, 6) is -0.0431. The minimum atomic E-state index is -0.351. The monoisotopic (exact) mass is 268 g/mol. The zero-order valence-electron chi connectivity index (χ0n) is 11.7.